The fourth-order valence-electron chi connectivity index (χ4n) is 3.55. The standard InChI is InChI=1S/C16H15Cl2NO3S.C13H10ClNO3S/c1-2-3-11-10-13(18)6-9-15(11)16(20)19-23(21,22)14-7-4-12(17)5-8-14;14-11-6-8-12(9-7-11)19(17,18)15-13(16)10-4-2-1-3-5-10/h4-10H,2-3H2,1H3,(H,19,20);1-9H,(H,15,16). The number of benzene rings is 4. The van der Waals surface area contributed by atoms with E-state index in [4.69, 9.17) is 34.8 Å². The molecule has 0 spiro atoms. The van der Waals surface area contributed by atoms with E-state index >= 15 is 0 Å². The third-order valence-electron chi connectivity index (χ3n) is 5.57. The zero-order valence-corrected chi connectivity index (χ0v) is 26.0. The van der Waals surface area contributed by atoms with Crippen molar-refractivity contribution in [1.29, 1.82) is 0 Å². The van der Waals surface area contributed by atoms with Crippen LogP contribution in [0.25, 0.3) is 0 Å². The Morgan fingerprint density at radius 1 is 0.619 bits per heavy atom. The molecule has 220 valence electrons. The number of nitrogens with one attached hydrogen (secondary N) is 2. The van der Waals surface area contributed by atoms with Gasteiger partial charge in [-0.05, 0) is 90.8 Å². The maximum atomic E-state index is 12.3. The Morgan fingerprint density at radius 3 is 1.55 bits per heavy atom. The molecule has 2 N–H and O–H groups in total. The summed E-state index contributed by atoms with van der Waals surface area (Å²) in [7, 11) is -7.84. The van der Waals surface area contributed by atoms with Crippen molar-refractivity contribution in [3.05, 3.63) is 129 Å². The number of sulfonamides is 2. The molecule has 0 aromatic heterocycles. The molecule has 0 bridgehead atoms. The first-order valence-corrected chi connectivity index (χ1v) is 16.4. The third kappa shape index (κ3) is 9.30. The summed E-state index contributed by atoms with van der Waals surface area (Å²) in [5.74, 6) is -1.35. The monoisotopic (exact) mass is 666 g/mol. The maximum absolute atomic E-state index is 12.3. The van der Waals surface area contributed by atoms with Crippen LogP contribution in [0.1, 0.15) is 39.6 Å². The molecule has 0 heterocycles. The summed E-state index contributed by atoms with van der Waals surface area (Å²) < 4.78 is 52.5. The normalized spacial score (nSPS) is 11.1. The van der Waals surface area contributed by atoms with E-state index in [1.165, 1.54) is 66.7 Å². The molecule has 0 radical (unpaired) electrons. The highest BCUT2D eigenvalue weighted by Crippen LogP contribution is 2.20. The molecule has 2 amide bonds. The molecule has 0 fully saturated rings. The smallest absolute Gasteiger partial charge is 0.265 e. The summed E-state index contributed by atoms with van der Waals surface area (Å²) in [6.07, 6.45) is 1.44. The summed E-state index contributed by atoms with van der Waals surface area (Å²) in [4.78, 5) is 24.1. The number of hydrogen-bond donors (Lipinski definition) is 2. The van der Waals surface area contributed by atoms with Gasteiger partial charge in [0.15, 0.2) is 0 Å². The summed E-state index contributed by atoms with van der Waals surface area (Å²) in [6, 6.07) is 24.0. The van der Waals surface area contributed by atoms with E-state index in [0.717, 1.165) is 6.42 Å². The average molecular weight is 668 g/mol. The van der Waals surface area contributed by atoms with Crippen LogP contribution in [0.15, 0.2) is 107 Å². The van der Waals surface area contributed by atoms with Crippen LogP contribution < -0.4 is 9.44 Å². The van der Waals surface area contributed by atoms with Crippen LogP contribution in [0.3, 0.4) is 0 Å². The molecular formula is C29H25Cl3N2O6S2. The zero-order valence-electron chi connectivity index (χ0n) is 22.1. The van der Waals surface area contributed by atoms with Gasteiger partial charge in [0.1, 0.15) is 0 Å². The Morgan fingerprint density at radius 2 is 1.07 bits per heavy atom. The largest absolute Gasteiger partial charge is 0.268 e. The Labute approximate surface area is 259 Å². The minimum Gasteiger partial charge on any atom is -0.268 e. The molecule has 0 aliphatic rings. The first-order chi connectivity index (χ1) is 19.8. The van der Waals surface area contributed by atoms with Crippen molar-refractivity contribution in [2.75, 3.05) is 0 Å². The minimum absolute atomic E-state index is 0.0128. The molecule has 0 aliphatic heterocycles. The molecule has 0 aliphatic carbocycles. The molecule has 0 atom stereocenters. The summed E-state index contributed by atoms with van der Waals surface area (Å²) in [5.41, 5.74) is 1.29. The Bertz CT molecular complexity index is 1760. The molecule has 0 saturated heterocycles. The topological polar surface area (TPSA) is 126 Å². The summed E-state index contributed by atoms with van der Waals surface area (Å²) in [5, 5.41) is 1.34. The van der Waals surface area contributed by atoms with Crippen molar-refractivity contribution in [3.8, 4) is 0 Å². The van der Waals surface area contributed by atoms with Gasteiger partial charge in [0.2, 0.25) is 0 Å². The minimum atomic E-state index is -3.96. The number of amides is 2. The predicted molar refractivity (Wildman–Crippen MR) is 164 cm³/mol. The van der Waals surface area contributed by atoms with Crippen LogP contribution in [0.4, 0.5) is 0 Å². The molecule has 4 aromatic carbocycles. The highest BCUT2D eigenvalue weighted by molar-refractivity contribution is 7.90. The van der Waals surface area contributed by atoms with Crippen LogP contribution in [0.5, 0.6) is 0 Å². The van der Waals surface area contributed by atoms with Crippen LogP contribution >= 0.6 is 34.8 Å². The number of halogens is 3. The van der Waals surface area contributed by atoms with E-state index < -0.39 is 31.9 Å². The molecule has 4 rings (SSSR count). The van der Waals surface area contributed by atoms with Crippen LogP contribution in [-0.2, 0) is 26.5 Å². The molecule has 42 heavy (non-hydrogen) atoms. The summed E-state index contributed by atoms with van der Waals surface area (Å²) >= 11 is 17.4. The van der Waals surface area contributed by atoms with E-state index in [1.54, 1.807) is 30.3 Å². The lowest BCUT2D eigenvalue weighted by Crippen LogP contribution is -2.31. The van der Waals surface area contributed by atoms with Gasteiger partial charge < -0.3 is 0 Å². The van der Waals surface area contributed by atoms with E-state index in [-0.39, 0.29) is 15.4 Å². The highest BCUT2D eigenvalue weighted by atomic mass is 35.5. The van der Waals surface area contributed by atoms with Crippen molar-refractivity contribution in [1.82, 2.24) is 9.44 Å². The van der Waals surface area contributed by atoms with Gasteiger partial charge in [0.05, 0.1) is 9.79 Å². The predicted octanol–water partition coefficient (Wildman–Crippen LogP) is 6.52. The Hall–Kier alpha value is -3.41. The number of aryl methyl sites for hydroxylation is 1. The van der Waals surface area contributed by atoms with Crippen molar-refractivity contribution >= 4 is 66.7 Å². The molecule has 4 aromatic rings. The molecule has 0 unspecified atom stereocenters. The van der Waals surface area contributed by atoms with Crippen molar-refractivity contribution in [2.24, 2.45) is 0 Å². The average Bonchev–Trinajstić information content (AvgIpc) is 2.94. The van der Waals surface area contributed by atoms with Crippen molar-refractivity contribution in [2.45, 2.75) is 29.6 Å². The fourth-order valence-corrected chi connectivity index (χ4v) is 5.94. The lowest BCUT2D eigenvalue weighted by Gasteiger charge is -2.11. The molecule has 8 nitrogen and oxygen atoms in total. The van der Waals surface area contributed by atoms with Gasteiger partial charge >= 0.3 is 0 Å². The van der Waals surface area contributed by atoms with Crippen LogP contribution in [0, 0.1) is 0 Å². The Balaban J connectivity index is 0.000000235. The van der Waals surface area contributed by atoms with Crippen molar-refractivity contribution < 1.29 is 26.4 Å². The lowest BCUT2D eigenvalue weighted by atomic mass is 10.0. The van der Waals surface area contributed by atoms with Gasteiger partial charge in [-0.3, -0.25) is 9.59 Å². The number of carbonyl (C=O) groups excluding carboxylic acids is 2. The maximum Gasteiger partial charge on any atom is 0.265 e. The number of rotatable bonds is 8. The quantitative estimate of drug-likeness (QED) is 0.220. The van der Waals surface area contributed by atoms with E-state index in [1.807, 2.05) is 11.6 Å². The molecule has 0 saturated carbocycles. The van der Waals surface area contributed by atoms with Crippen molar-refractivity contribution in [3.63, 3.8) is 0 Å². The lowest BCUT2D eigenvalue weighted by molar-refractivity contribution is 0.0972. The van der Waals surface area contributed by atoms with E-state index in [2.05, 4.69) is 4.72 Å². The second kappa shape index (κ2) is 14.7. The Kier molecular flexibility index (Phi) is 11.6. The SMILES string of the molecule is CCCc1cc(Cl)ccc1C(=O)NS(=O)(=O)c1ccc(Cl)cc1.O=C(NS(=O)(=O)c1ccc(Cl)cc1)c1ccccc1. The highest BCUT2D eigenvalue weighted by Gasteiger charge is 2.21. The zero-order chi connectivity index (χ0) is 30.9. The van der Waals surface area contributed by atoms with Gasteiger partial charge in [0, 0.05) is 26.2 Å². The van der Waals surface area contributed by atoms with Gasteiger partial charge in [-0.1, -0.05) is 66.3 Å². The first kappa shape index (κ1) is 33.1. The van der Waals surface area contributed by atoms with Gasteiger partial charge in [-0.25, -0.2) is 26.3 Å². The van der Waals surface area contributed by atoms with E-state index in [0.29, 0.717) is 32.6 Å². The first-order valence-electron chi connectivity index (χ1n) is 12.3. The van der Waals surface area contributed by atoms with Crippen LogP contribution in [0.2, 0.25) is 15.1 Å². The van der Waals surface area contributed by atoms with Gasteiger partial charge in [0.25, 0.3) is 31.9 Å². The number of carbonyl (C=O) groups is 2. The third-order valence-corrected chi connectivity index (χ3v) is 9.00. The van der Waals surface area contributed by atoms with Gasteiger partial charge in [-0.2, -0.15) is 0 Å². The molecule has 13 heteroatoms. The van der Waals surface area contributed by atoms with Gasteiger partial charge in [-0.15, -0.1) is 0 Å². The second-order valence-corrected chi connectivity index (χ2v) is 13.4. The fraction of sp³-hybridized carbons (Fsp3) is 0.103. The van der Waals surface area contributed by atoms with Crippen LogP contribution in [-0.4, -0.2) is 28.6 Å². The second-order valence-electron chi connectivity index (χ2n) is 8.69. The van der Waals surface area contributed by atoms with E-state index in [9.17, 15) is 26.4 Å². The number of hydrogen-bond acceptors (Lipinski definition) is 6. The molecular weight excluding hydrogens is 643 g/mol. The summed E-state index contributed by atoms with van der Waals surface area (Å²) in [6.45, 7) is 1.97.